The predicted molar refractivity (Wildman–Crippen MR) is 66.4 cm³/mol. The van der Waals surface area contributed by atoms with Crippen molar-refractivity contribution in [2.24, 2.45) is 0 Å². The zero-order chi connectivity index (χ0) is 13.0. The van der Waals surface area contributed by atoms with Crippen molar-refractivity contribution in [3.05, 3.63) is 0 Å². The average Bonchev–Trinajstić information content (AvgIpc) is 1.99. The zero-order valence-corrected chi connectivity index (χ0v) is 11.6. The highest BCUT2D eigenvalue weighted by atomic mass is 32.2. The number of aliphatic hydroxyl groups excluding tert-OH is 1. The smallest absolute Gasteiger partial charge is 0.153 e. The number of nitrogens with zero attached hydrogens (tertiary/aromatic N) is 1. The van der Waals surface area contributed by atoms with E-state index in [0.717, 1.165) is 0 Å². The van der Waals surface area contributed by atoms with Crippen molar-refractivity contribution in [1.82, 2.24) is 10.2 Å². The van der Waals surface area contributed by atoms with Crippen LogP contribution in [0.25, 0.3) is 0 Å². The van der Waals surface area contributed by atoms with Crippen LogP contribution in [0, 0.1) is 0 Å². The Morgan fingerprint density at radius 2 is 1.88 bits per heavy atom. The Hall–Kier alpha value is -0.170. The number of sulfone groups is 1. The van der Waals surface area contributed by atoms with E-state index in [-0.39, 0.29) is 0 Å². The molecule has 0 heterocycles. The third-order valence-corrected chi connectivity index (χ3v) is 4.66. The summed E-state index contributed by atoms with van der Waals surface area (Å²) in [6.07, 6.45) is 0.746. The molecule has 0 aromatic carbocycles. The number of hydrogen-bond acceptors (Lipinski definition) is 5. The van der Waals surface area contributed by atoms with E-state index in [9.17, 15) is 13.5 Å². The van der Waals surface area contributed by atoms with E-state index < -0.39 is 20.7 Å². The van der Waals surface area contributed by atoms with Gasteiger partial charge in [-0.1, -0.05) is 0 Å². The molecule has 6 heteroatoms. The van der Waals surface area contributed by atoms with E-state index in [4.69, 9.17) is 0 Å². The van der Waals surface area contributed by atoms with Crippen LogP contribution >= 0.6 is 0 Å². The molecule has 0 fully saturated rings. The molecule has 0 saturated carbocycles. The highest BCUT2D eigenvalue weighted by molar-refractivity contribution is 7.92. The summed E-state index contributed by atoms with van der Waals surface area (Å²) in [7, 11) is 0.679. The molecule has 16 heavy (non-hydrogen) atoms. The van der Waals surface area contributed by atoms with Crippen LogP contribution in [-0.4, -0.2) is 69.3 Å². The molecule has 0 amide bonds. The lowest BCUT2D eigenvalue weighted by molar-refractivity contribution is 0.134. The quantitative estimate of drug-likeness (QED) is 0.628. The van der Waals surface area contributed by atoms with Gasteiger partial charge in [0.1, 0.15) is 0 Å². The first-order valence-electron chi connectivity index (χ1n) is 5.29. The van der Waals surface area contributed by atoms with E-state index in [1.54, 1.807) is 13.8 Å². The molecule has 98 valence electrons. The van der Waals surface area contributed by atoms with Gasteiger partial charge in [0, 0.05) is 25.9 Å². The zero-order valence-electron chi connectivity index (χ0n) is 10.8. The molecule has 0 bridgehead atoms. The van der Waals surface area contributed by atoms with Crippen molar-refractivity contribution >= 4 is 9.84 Å². The summed E-state index contributed by atoms with van der Waals surface area (Å²) >= 11 is 0. The predicted octanol–water partition coefficient (Wildman–Crippen LogP) is -0.678. The minimum atomic E-state index is -3.08. The van der Waals surface area contributed by atoms with Crippen LogP contribution in [0.4, 0.5) is 0 Å². The Labute approximate surface area is 98.8 Å². The summed E-state index contributed by atoms with van der Waals surface area (Å²) in [6, 6.07) is 0. The molecular formula is C10H24N2O3S. The van der Waals surface area contributed by atoms with Crippen LogP contribution in [0.15, 0.2) is 0 Å². The maximum Gasteiger partial charge on any atom is 0.153 e. The second kappa shape index (κ2) is 5.95. The number of likely N-dealkylation sites (N-methyl/N-ethyl adjacent to an activating group) is 1. The van der Waals surface area contributed by atoms with Crippen molar-refractivity contribution in [1.29, 1.82) is 0 Å². The SMILES string of the molecule is CN(C)CC(O)CNCC(C)(C)S(C)(=O)=O. The van der Waals surface area contributed by atoms with Crippen LogP contribution in [0.5, 0.6) is 0 Å². The molecule has 5 nitrogen and oxygen atoms in total. The lowest BCUT2D eigenvalue weighted by atomic mass is 10.2. The molecule has 0 aliphatic rings. The molecule has 0 rings (SSSR count). The Morgan fingerprint density at radius 1 is 1.38 bits per heavy atom. The monoisotopic (exact) mass is 252 g/mol. The van der Waals surface area contributed by atoms with Gasteiger partial charge < -0.3 is 15.3 Å². The van der Waals surface area contributed by atoms with Gasteiger partial charge in [-0.25, -0.2) is 8.42 Å². The van der Waals surface area contributed by atoms with Gasteiger partial charge in [-0.05, 0) is 27.9 Å². The molecule has 2 N–H and O–H groups in total. The maximum absolute atomic E-state index is 11.4. The molecule has 0 radical (unpaired) electrons. The largest absolute Gasteiger partial charge is 0.390 e. The second-order valence-corrected chi connectivity index (χ2v) is 7.73. The molecule has 0 aromatic heterocycles. The fraction of sp³-hybridized carbons (Fsp3) is 1.00. The van der Waals surface area contributed by atoms with Crippen LogP contribution in [0.3, 0.4) is 0 Å². The molecule has 0 saturated heterocycles. The number of aliphatic hydroxyl groups is 1. The molecular weight excluding hydrogens is 228 g/mol. The number of nitrogens with one attached hydrogen (secondary N) is 1. The number of hydrogen-bond donors (Lipinski definition) is 2. The Kier molecular flexibility index (Phi) is 5.89. The summed E-state index contributed by atoms with van der Waals surface area (Å²) < 4.78 is 22.0. The van der Waals surface area contributed by atoms with E-state index in [1.807, 2.05) is 19.0 Å². The molecule has 1 unspecified atom stereocenters. The van der Waals surface area contributed by atoms with Crippen molar-refractivity contribution < 1.29 is 13.5 Å². The fourth-order valence-electron chi connectivity index (χ4n) is 1.16. The van der Waals surface area contributed by atoms with Crippen molar-refractivity contribution in [3.8, 4) is 0 Å². The van der Waals surface area contributed by atoms with Gasteiger partial charge in [0.05, 0.1) is 10.9 Å². The van der Waals surface area contributed by atoms with Gasteiger partial charge in [-0.3, -0.25) is 0 Å². The van der Waals surface area contributed by atoms with Gasteiger partial charge in [-0.15, -0.1) is 0 Å². The summed E-state index contributed by atoms with van der Waals surface area (Å²) in [4.78, 5) is 1.88. The third kappa shape index (κ3) is 5.79. The first-order valence-corrected chi connectivity index (χ1v) is 7.18. The van der Waals surface area contributed by atoms with Crippen molar-refractivity contribution in [3.63, 3.8) is 0 Å². The van der Waals surface area contributed by atoms with Gasteiger partial charge >= 0.3 is 0 Å². The normalized spacial score (nSPS) is 15.4. The minimum absolute atomic E-state index is 0.344. The van der Waals surface area contributed by atoms with Crippen LogP contribution in [-0.2, 0) is 9.84 Å². The van der Waals surface area contributed by atoms with Crippen LogP contribution < -0.4 is 5.32 Å². The Balaban J connectivity index is 4.00. The summed E-state index contributed by atoms with van der Waals surface area (Å²) in [5.41, 5.74) is 0. The van der Waals surface area contributed by atoms with Crippen molar-refractivity contribution in [2.75, 3.05) is 40.0 Å². The topological polar surface area (TPSA) is 69.6 Å². The average molecular weight is 252 g/mol. The minimum Gasteiger partial charge on any atom is -0.390 e. The summed E-state index contributed by atoms with van der Waals surface area (Å²) in [6.45, 7) is 4.65. The third-order valence-electron chi connectivity index (χ3n) is 2.51. The van der Waals surface area contributed by atoms with E-state index >= 15 is 0 Å². The lowest BCUT2D eigenvalue weighted by Crippen LogP contribution is -2.45. The van der Waals surface area contributed by atoms with E-state index in [2.05, 4.69) is 5.32 Å². The molecule has 0 aliphatic carbocycles. The second-order valence-electron chi connectivity index (χ2n) is 5.08. The highest BCUT2D eigenvalue weighted by Crippen LogP contribution is 2.13. The van der Waals surface area contributed by atoms with Crippen LogP contribution in [0.1, 0.15) is 13.8 Å². The van der Waals surface area contributed by atoms with Gasteiger partial charge in [0.15, 0.2) is 9.84 Å². The first kappa shape index (κ1) is 15.8. The van der Waals surface area contributed by atoms with Crippen LogP contribution in [0.2, 0.25) is 0 Å². The van der Waals surface area contributed by atoms with E-state index in [1.165, 1.54) is 6.26 Å². The molecule has 0 aromatic rings. The standard InChI is InChI=1S/C10H24N2O3S/c1-10(2,16(5,14)15)8-11-6-9(13)7-12(3)4/h9,11,13H,6-8H2,1-5H3. The summed E-state index contributed by atoms with van der Waals surface area (Å²) in [5, 5.41) is 12.5. The molecule has 0 aliphatic heterocycles. The Bertz CT molecular complexity index is 299. The van der Waals surface area contributed by atoms with E-state index in [0.29, 0.717) is 19.6 Å². The highest BCUT2D eigenvalue weighted by Gasteiger charge is 2.29. The maximum atomic E-state index is 11.4. The Morgan fingerprint density at radius 3 is 2.25 bits per heavy atom. The molecule has 1 atom stereocenters. The fourth-order valence-corrected chi connectivity index (χ4v) is 1.52. The van der Waals surface area contributed by atoms with Gasteiger partial charge in [-0.2, -0.15) is 0 Å². The van der Waals surface area contributed by atoms with Gasteiger partial charge in [0.25, 0.3) is 0 Å². The van der Waals surface area contributed by atoms with Crippen molar-refractivity contribution in [2.45, 2.75) is 24.7 Å². The van der Waals surface area contributed by atoms with Gasteiger partial charge in [0.2, 0.25) is 0 Å². The summed E-state index contributed by atoms with van der Waals surface area (Å²) in [5.74, 6) is 0. The first-order chi connectivity index (χ1) is 7.06. The lowest BCUT2D eigenvalue weighted by Gasteiger charge is -2.24. The molecule has 0 spiro atoms. The number of rotatable bonds is 7.